The molecule has 1 aliphatic heterocycles. The highest BCUT2D eigenvalue weighted by molar-refractivity contribution is 8.24. The van der Waals surface area contributed by atoms with Gasteiger partial charge in [0.2, 0.25) is 0 Å². The molecule has 0 aromatic heterocycles. The molecule has 0 saturated carbocycles. The number of para-hydroxylation sites is 1. The molecular formula is C16H19FN2O7S2. The van der Waals surface area contributed by atoms with Gasteiger partial charge in [-0.3, -0.25) is 9.11 Å². The lowest BCUT2D eigenvalue weighted by molar-refractivity contribution is 0.181. The Labute approximate surface area is 162 Å². The van der Waals surface area contributed by atoms with Crippen LogP contribution in [-0.2, 0) is 16.5 Å². The van der Waals surface area contributed by atoms with E-state index in [-0.39, 0.29) is 18.7 Å². The van der Waals surface area contributed by atoms with E-state index in [1.165, 1.54) is 12.1 Å². The summed E-state index contributed by atoms with van der Waals surface area (Å²) in [6, 6.07) is 8.58. The van der Waals surface area contributed by atoms with Gasteiger partial charge in [0.1, 0.15) is 23.4 Å². The molecular weight excluding hydrogens is 415 g/mol. The number of nitrogens with zero attached hydrogens (tertiary/aromatic N) is 1. The maximum Gasteiger partial charge on any atom is 0.306 e. The molecule has 0 bridgehead atoms. The topological polar surface area (TPSA) is 140 Å². The van der Waals surface area contributed by atoms with E-state index in [2.05, 4.69) is 4.72 Å². The maximum absolute atomic E-state index is 14.7. The molecule has 1 atom stereocenters. The Kier molecular flexibility index (Phi) is 5.44. The highest BCUT2D eigenvalue weighted by Gasteiger charge is 2.38. The van der Waals surface area contributed by atoms with Crippen molar-refractivity contribution in [2.45, 2.75) is 12.6 Å². The number of β-amino-alcohol motifs (C(OH)–C–C–N with tert-alkyl or cyclic N) is 1. The predicted molar refractivity (Wildman–Crippen MR) is 102 cm³/mol. The SMILES string of the molecule is CS(=O)(=O)Oc1ccccc1Cc1cc(O)c(N2CC(O)NS2(O)O)c(F)c1. The van der Waals surface area contributed by atoms with Gasteiger partial charge < -0.3 is 14.4 Å². The predicted octanol–water partition coefficient (Wildman–Crippen LogP) is 1.77. The number of rotatable bonds is 5. The second-order valence-electron chi connectivity index (χ2n) is 6.23. The number of aliphatic hydroxyl groups excluding tert-OH is 1. The van der Waals surface area contributed by atoms with Crippen LogP contribution < -0.4 is 13.2 Å². The first-order chi connectivity index (χ1) is 13.0. The normalized spacial score (nSPS) is 20.2. The molecule has 1 unspecified atom stereocenters. The molecule has 0 aliphatic carbocycles. The zero-order chi connectivity index (χ0) is 20.7. The number of benzene rings is 2. The number of halogens is 1. The van der Waals surface area contributed by atoms with Crippen molar-refractivity contribution in [3.8, 4) is 11.5 Å². The van der Waals surface area contributed by atoms with Crippen molar-refractivity contribution < 1.29 is 36.3 Å². The first-order valence-electron chi connectivity index (χ1n) is 7.96. The van der Waals surface area contributed by atoms with Crippen molar-refractivity contribution in [1.29, 1.82) is 0 Å². The minimum Gasteiger partial charge on any atom is -0.506 e. The van der Waals surface area contributed by atoms with Gasteiger partial charge in [0.05, 0.1) is 12.8 Å². The van der Waals surface area contributed by atoms with Gasteiger partial charge in [-0.25, -0.2) is 8.70 Å². The van der Waals surface area contributed by atoms with Crippen LogP contribution in [0.3, 0.4) is 0 Å². The number of aliphatic hydroxyl groups is 1. The molecule has 3 rings (SSSR count). The summed E-state index contributed by atoms with van der Waals surface area (Å²) in [5, 5.41) is 19.8. The summed E-state index contributed by atoms with van der Waals surface area (Å²) in [6.07, 6.45) is -0.349. The van der Waals surface area contributed by atoms with E-state index in [4.69, 9.17) is 4.18 Å². The number of hydrogen-bond acceptors (Lipinski definition) is 9. The van der Waals surface area contributed by atoms with Crippen LogP contribution >= 0.6 is 11.0 Å². The average Bonchev–Trinajstić information content (AvgIpc) is 2.80. The Hall–Kier alpha value is -2.09. The van der Waals surface area contributed by atoms with Gasteiger partial charge in [0.15, 0.2) is 5.82 Å². The Balaban J connectivity index is 1.93. The third-order valence-corrected chi connectivity index (χ3v) is 5.92. The molecule has 12 heteroatoms. The minimum atomic E-state index is -3.76. The lowest BCUT2D eigenvalue weighted by atomic mass is 10.0. The van der Waals surface area contributed by atoms with Crippen LogP contribution in [0.15, 0.2) is 36.4 Å². The highest BCUT2D eigenvalue weighted by Crippen LogP contribution is 2.50. The fraction of sp³-hybridized carbons (Fsp3) is 0.250. The summed E-state index contributed by atoms with van der Waals surface area (Å²) in [5.41, 5.74) is 0.281. The standard InChI is InChI=1S/C16H19FN2O7S2/c1-27(22,23)26-14-5-3-2-4-11(14)6-10-7-12(17)16(13(20)8-10)19-9-15(21)18-28(19,24)25/h2-5,7-8,15,18,20-21,24-25H,6,9H2,1H3. The average molecular weight is 434 g/mol. The lowest BCUT2D eigenvalue weighted by Gasteiger charge is -2.37. The van der Waals surface area contributed by atoms with Gasteiger partial charge in [-0.05, 0) is 23.8 Å². The molecule has 1 saturated heterocycles. The summed E-state index contributed by atoms with van der Waals surface area (Å²) >= 11 is 0. The second-order valence-corrected chi connectivity index (χ2v) is 9.52. The van der Waals surface area contributed by atoms with E-state index < -0.39 is 44.6 Å². The molecule has 2 aromatic carbocycles. The molecule has 28 heavy (non-hydrogen) atoms. The van der Waals surface area contributed by atoms with E-state index in [9.17, 15) is 32.1 Å². The van der Waals surface area contributed by atoms with Gasteiger partial charge in [-0.2, -0.15) is 13.1 Å². The molecule has 1 aliphatic rings. The smallest absolute Gasteiger partial charge is 0.306 e. The molecule has 154 valence electrons. The molecule has 2 aromatic rings. The number of hydrogen-bond donors (Lipinski definition) is 5. The zero-order valence-corrected chi connectivity index (χ0v) is 16.2. The first-order valence-corrected chi connectivity index (χ1v) is 11.3. The third-order valence-electron chi connectivity index (χ3n) is 3.90. The van der Waals surface area contributed by atoms with Crippen molar-refractivity contribution in [3.05, 3.63) is 53.3 Å². The van der Waals surface area contributed by atoms with Crippen molar-refractivity contribution in [1.82, 2.24) is 4.72 Å². The molecule has 5 N–H and O–H groups in total. The second kappa shape index (κ2) is 7.39. The number of phenols is 1. The van der Waals surface area contributed by atoms with E-state index in [1.807, 2.05) is 0 Å². The summed E-state index contributed by atoms with van der Waals surface area (Å²) < 4.78 is 65.1. The van der Waals surface area contributed by atoms with Crippen molar-refractivity contribution in [3.63, 3.8) is 0 Å². The molecule has 9 nitrogen and oxygen atoms in total. The van der Waals surface area contributed by atoms with Crippen molar-refractivity contribution >= 4 is 26.8 Å². The Morgan fingerprint density at radius 2 is 2.00 bits per heavy atom. The molecule has 1 heterocycles. The summed E-state index contributed by atoms with van der Waals surface area (Å²) in [7, 11) is -7.44. The Morgan fingerprint density at radius 1 is 1.32 bits per heavy atom. The molecule has 1 fully saturated rings. The van der Waals surface area contributed by atoms with Gasteiger partial charge in [-0.1, -0.05) is 29.2 Å². The van der Waals surface area contributed by atoms with Crippen LogP contribution in [0.25, 0.3) is 0 Å². The summed E-state index contributed by atoms with van der Waals surface area (Å²) in [6.45, 7) is -0.336. The van der Waals surface area contributed by atoms with Crippen molar-refractivity contribution in [2.75, 3.05) is 17.1 Å². The molecule has 0 spiro atoms. The van der Waals surface area contributed by atoms with Crippen LogP contribution in [0.2, 0.25) is 0 Å². The van der Waals surface area contributed by atoms with Crippen molar-refractivity contribution in [2.24, 2.45) is 0 Å². The molecule has 0 amide bonds. The highest BCUT2D eigenvalue weighted by atomic mass is 32.3. The maximum atomic E-state index is 14.7. The van der Waals surface area contributed by atoms with E-state index in [0.29, 0.717) is 11.1 Å². The van der Waals surface area contributed by atoms with Gasteiger partial charge in [0.25, 0.3) is 0 Å². The zero-order valence-electron chi connectivity index (χ0n) is 14.6. The van der Waals surface area contributed by atoms with Crippen LogP contribution in [0, 0.1) is 5.82 Å². The fourth-order valence-electron chi connectivity index (χ4n) is 2.87. The minimum absolute atomic E-state index is 0.0492. The fourth-order valence-corrected chi connectivity index (χ4v) is 4.71. The van der Waals surface area contributed by atoms with Crippen LogP contribution in [0.5, 0.6) is 11.5 Å². The number of anilines is 1. The van der Waals surface area contributed by atoms with E-state index in [1.54, 1.807) is 18.2 Å². The largest absolute Gasteiger partial charge is 0.506 e. The quantitative estimate of drug-likeness (QED) is 0.445. The third kappa shape index (κ3) is 4.48. The lowest BCUT2D eigenvalue weighted by Crippen LogP contribution is -2.26. The number of nitrogens with one attached hydrogen (secondary N) is 1. The van der Waals surface area contributed by atoms with Gasteiger partial charge in [-0.15, -0.1) is 0 Å². The van der Waals surface area contributed by atoms with Crippen LogP contribution in [-0.4, -0.2) is 46.8 Å². The van der Waals surface area contributed by atoms with Gasteiger partial charge >= 0.3 is 10.1 Å². The Morgan fingerprint density at radius 3 is 2.57 bits per heavy atom. The van der Waals surface area contributed by atoms with E-state index >= 15 is 0 Å². The Bertz CT molecular complexity index is 977. The monoisotopic (exact) mass is 434 g/mol. The molecule has 0 radical (unpaired) electrons. The number of phenolic OH excluding ortho intramolecular Hbond substituents is 1. The summed E-state index contributed by atoms with van der Waals surface area (Å²) in [4.78, 5) is 0. The van der Waals surface area contributed by atoms with E-state index in [0.717, 1.165) is 16.6 Å². The van der Waals surface area contributed by atoms with Crippen LogP contribution in [0.4, 0.5) is 10.1 Å². The number of aromatic hydroxyl groups is 1. The van der Waals surface area contributed by atoms with Gasteiger partial charge in [0, 0.05) is 12.0 Å². The summed E-state index contributed by atoms with van der Waals surface area (Å²) in [5.74, 6) is -1.42. The first kappa shape index (κ1) is 20.6. The van der Waals surface area contributed by atoms with Crippen LogP contribution in [0.1, 0.15) is 11.1 Å².